The van der Waals surface area contributed by atoms with Crippen LogP contribution in [-0.2, 0) is 4.79 Å². The fourth-order valence-electron chi connectivity index (χ4n) is 2.56. The Hall–Kier alpha value is -2.87. The monoisotopic (exact) mass is 414 g/mol. The van der Waals surface area contributed by atoms with Crippen molar-refractivity contribution in [2.24, 2.45) is 10.1 Å². The third-order valence-corrected chi connectivity index (χ3v) is 5.54. The highest BCUT2D eigenvalue weighted by molar-refractivity contribution is 8.15. The molecule has 0 saturated heterocycles. The van der Waals surface area contributed by atoms with Gasteiger partial charge in [0.15, 0.2) is 23.3 Å². The number of ether oxygens (including phenoxy) is 1. The third kappa shape index (κ3) is 6.05. The van der Waals surface area contributed by atoms with Gasteiger partial charge in [-0.2, -0.15) is 5.10 Å². The smallest absolute Gasteiger partial charge is 0.277 e. The van der Waals surface area contributed by atoms with Gasteiger partial charge in [-0.05, 0) is 43.2 Å². The second-order valence-electron chi connectivity index (χ2n) is 6.45. The number of hydrogen-bond donors (Lipinski definition) is 2. The molecule has 2 aromatic rings. The summed E-state index contributed by atoms with van der Waals surface area (Å²) in [5.74, 6) is -0.949. The number of halogens is 1. The van der Waals surface area contributed by atoms with Crippen LogP contribution in [0.5, 0.6) is 5.75 Å². The Labute approximate surface area is 173 Å². The van der Waals surface area contributed by atoms with E-state index in [4.69, 9.17) is 4.74 Å². The fraction of sp³-hybridized carbons (Fsp3) is 0.286. The molecule has 3 rings (SSSR count). The molecule has 29 heavy (non-hydrogen) atoms. The molecule has 6 nitrogen and oxygen atoms in total. The average molecular weight is 415 g/mol. The minimum Gasteiger partial charge on any atom is -0.481 e. The number of rotatable bonds is 7. The normalized spacial score (nSPS) is 16.3. The lowest BCUT2D eigenvalue weighted by atomic mass is 10.1. The minimum atomic E-state index is -0.513. The summed E-state index contributed by atoms with van der Waals surface area (Å²) < 4.78 is 18.6. The van der Waals surface area contributed by atoms with E-state index in [2.05, 4.69) is 27.8 Å². The van der Waals surface area contributed by atoms with Crippen molar-refractivity contribution in [3.63, 3.8) is 0 Å². The Morgan fingerprint density at radius 3 is 2.72 bits per heavy atom. The lowest BCUT2D eigenvalue weighted by Crippen LogP contribution is -2.25. The molecule has 1 atom stereocenters. The number of aliphatic imine (C=N–C) groups is 1. The van der Waals surface area contributed by atoms with Gasteiger partial charge in [-0.3, -0.25) is 9.79 Å². The van der Waals surface area contributed by atoms with Crippen LogP contribution in [-0.4, -0.2) is 35.2 Å². The molecule has 1 aliphatic heterocycles. The summed E-state index contributed by atoms with van der Waals surface area (Å²) in [7, 11) is 0. The first-order valence-electron chi connectivity index (χ1n) is 9.34. The molecular weight excluding hydrogens is 391 g/mol. The molecule has 152 valence electrons. The second-order valence-corrected chi connectivity index (χ2v) is 7.74. The van der Waals surface area contributed by atoms with E-state index in [0.29, 0.717) is 11.0 Å². The highest BCUT2D eigenvalue weighted by atomic mass is 32.2. The predicted octanol–water partition coefficient (Wildman–Crippen LogP) is 4.04. The van der Waals surface area contributed by atoms with Gasteiger partial charge in [0.2, 0.25) is 0 Å². The van der Waals surface area contributed by atoms with Gasteiger partial charge in [0.05, 0.1) is 12.3 Å². The van der Waals surface area contributed by atoms with E-state index >= 15 is 0 Å². The maximum atomic E-state index is 13.5. The number of hydrazone groups is 1. The van der Waals surface area contributed by atoms with Crippen LogP contribution < -0.4 is 15.5 Å². The van der Waals surface area contributed by atoms with E-state index in [9.17, 15) is 9.18 Å². The molecule has 8 heteroatoms. The summed E-state index contributed by atoms with van der Waals surface area (Å²) in [5, 5.41) is 8.89. The molecule has 0 radical (unpaired) electrons. The van der Waals surface area contributed by atoms with Crippen molar-refractivity contribution in [3.05, 3.63) is 59.9 Å². The number of anilines is 1. The van der Waals surface area contributed by atoms with Gasteiger partial charge in [0, 0.05) is 10.9 Å². The van der Waals surface area contributed by atoms with Crippen LogP contribution in [0.15, 0.2) is 58.6 Å². The highest BCUT2D eigenvalue weighted by Crippen LogP contribution is 2.24. The van der Waals surface area contributed by atoms with Gasteiger partial charge >= 0.3 is 0 Å². The van der Waals surface area contributed by atoms with Crippen molar-refractivity contribution in [2.45, 2.75) is 25.5 Å². The quantitative estimate of drug-likeness (QED) is 0.530. The van der Waals surface area contributed by atoms with Crippen molar-refractivity contribution in [1.82, 2.24) is 5.43 Å². The van der Waals surface area contributed by atoms with Crippen LogP contribution in [0.3, 0.4) is 0 Å². The van der Waals surface area contributed by atoms with Gasteiger partial charge in [-0.25, -0.2) is 9.82 Å². The summed E-state index contributed by atoms with van der Waals surface area (Å²) >= 11 is 1.76. The minimum absolute atomic E-state index is 0.0294. The van der Waals surface area contributed by atoms with Gasteiger partial charge in [0.25, 0.3) is 5.91 Å². The molecule has 0 saturated carbocycles. The lowest BCUT2D eigenvalue weighted by Gasteiger charge is -2.08. The van der Waals surface area contributed by atoms with Gasteiger partial charge in [0.1, 0.15) is 0 Å². The van der Waals surface area contributed by atoms with Crippen molar-refractivity contribution >= 4 is 34.2 Å². The number of hydrogen-bond acceptors (Lipinski definition) is 6. The molecule has 0 unspecified atom stereocenters. The van der Waals surface area contributed by atoms with Crippen LogP contribution in [0.1, 0.15) is 25.8 Å². The summed E-state index contributed by atoms with van der Waals surface area (Å²) in [5.41, 5.74) is 4.89. The molecule has 0 bridgehead atoms. The molecule has 1 amide bonds. The SMILES string of the molecule is CC[C@@H]1CN=C(Nc2ccc(/C(C)=N\NC(=O)COc3ccccc3F)cc2)S1. The molecule has 2 N–H and O–H groups in total. The first-order valence-corrected chi connectivity index (χ1v) is 10.2. The maximum absolute atomic E-state index is 13.5. The third-order valence-electron chi connectivity index (χ3n) is 4.27. The Balaban J connectivity index is 1.49. The first-order chi connectivity index (χ1) is 14.0. The zero-order valence-electron chi connectivity index (χ0n) is 16.3. The van der Waals surface area contributed by atoms with Crippen LogP contribution in [0, 0.1) is 5.82 Å². The largest absolute Gasteiger partial charge is 0.481 e. The number of carbonyl (C=O) groups is 1. The standard InChI is InChI=1S/C21H23FN4O2S/c1-3-17-12-23-21(29-17)24-16-10-8-15(9-11-16)14(2)25-26-20(27)13-28-19-7-5-4-6-18(19)22/h4-11,17H,3,12-13H2,1-2H3,(H,23,24)(H,26,27)/b25-14-/t17-/m1/s1. The van der Waals surface area contributed by atoms with E-state index in [1.54, 1.807) is 30.8 Å². The van der Waals surface area contributed by atoms with Gasteiger partial charge in [-0.1, -0.05) is 43.0 Å². The molecule has 0 fully saturated rings. The average Bonchev–Trinajstić information content (AvgIpc) is 3.19. The number of carbonyl (C=O) groups excluding carboxylic acids is 1. The van der Waals surface area contributed by atoms with Crippen molar-refractivity contribution in [3.8, 4) is 5.75 Å². The maximum Gasteiger partial charge on any atom is 0.277 e. The van der Waals surface area contributed by atoms with Crippen LogP contribution in [0.2, 0.25) is 0 Å². The van der Waals surface area contributed by atoms with Crippen molar-refractivity contribution < 1.29 is 13.9 Å². The van der Waals surface area contributed by atoms with Gasteiger partial charge in [-0.15, -0.1) is 0 Å². The first kappa shape index (κ1) is 20.9. The number of para-hydroxylation sites is 1. The Morgan fingerprint density at radius 1 is 1.28 bits per heavy atom. The Bertz CT molecular complexity index is 915. The van der Waals surface area contributed by atoms with E-state index in [1.165, 1.54) is 12.1 Å². The summed E-state index contributed by atoms with van der Waals surface area (Å²) in [4.78, 5) is 16.4. The topological polar surface area (TPSA) is 75.1 Å². The molecule has 1 aliphatic rings. The summed E-state index contributed by atoms with van der Waals surface area (Å²) in [6, 6.07) is 13.6. The number of thioether (sulfide) groups is 1. The van der Waals surface area contributed by atoms with Crippen molar-refractivity contribution in [2.75, 3.05) is 18.5 Å². The van der Waals surface area contributed by atoms with Gasteiger partial charge < -0.3 is 10.1 Å². The predicted molar refractivity (Wildman–Crippen MR) is 116 cm³/mol. The summed E-state index contributed by atoms with van der Waals surface area (Å²) in [6.07, 6.45) is 1.10. The number of nitrogens with zero attached hydrogens (tertiary/aromatic N) is 2. The number of amides is 1. The zero-order valence-corrected chi connectivity index (χ0v) is 17.1. The summed E-state index contributed by atoms with van der Waals surface area (Å²) in [6.45, 7) is 4.49. The zero-order chi connectivity index (χ0) is 20.6. The highest BCUT2D eigenvalue weighted by Gasteiger charge is 2.17. The molecule has 0 spiro atoms. The van der Waals surface area contributed by atoms with E-state index in [0.717, 1.165) is 29.4 Å². The molecule has 1 heterocycles. The molecule has 0 aromatic heterocycles. The van der Waals surface area contributed by atoms with Crippen LogP contribution >= 0.6 is 11.8 Å². The Morgan fingerprint density at radius 2 is 2.03 bits per heavy atom. The lowest BCUT2D eigenvalue weighted by molar-refractivity contribution is -0.123. The molecular formula is C21H23FN4O2S. The van der Waals surface area contributed by atoms with Crippen LogP contribution in [0.25, 0.3) is 0 Å². The van der Waals surface area contributed by atoms with E-state index in [-0.39, 0.29) is 12.4 Å². The van der Waals surface area contributed by atoms with E-state index < -0.39 is 11.7 Å². The van der Waals surface area contributed by atoms with Crippen LogP contribution in [0.4, 0.5) is 10.1 Å². The Kier molecular flexibility index (Phi) is 7.24. The molecule has 2 aromatic carbocycles. The molecule has 0 aliphatic carbocycles. The number of benzene rings is 2. The van der Waals surface area contributed by atoms with Crippen molar-refractivity contribution in [1.29, 1.82) is 0 Å². The van der Waals surface area contributed by atoms with E-state index in [1.807, 2.05) is 24.3 Å². The second kappa shape index (κ2) is 10.1. The number of nitrogens with one attached hydrogen (secondary N) is 2. The fourth-order valence-corrected chi connectivity index (χ4v) is 3.52. The number of amidine groups is 1.